The van der Waals surface area contributed by atoms with Crippen molar-refractivity contribution in [1.29, 1.82) is 0 Å². The van der Waals surface area contributed by atoms with Gasteiger partial charge < -0.3 is 10.7 Å². The molecule has 2 aromatic carbocycles. The van der Waals surface area contributed by atoms with Crippen LogP contribution in [0.25, 0.3) is 22.0 Å². The number of hydrogen-bond donors (Lipinski definition) is 2. The van der Waals surface area contributed by atoms with Gasteiger partial charge in [0.05, 0.1) is 0 Å². The minimum absolute atomic E-state index is 0.278. The van der Waals surface area contributed by atoms with Gasteiger partial charge in [0, 0.05) is 33.9 Å². The number of fused-ring (bicyclic) bond motifs is 1. The standard InChI is InChI=1S/C14H11FN2/c15-9-5-6-13(16)11(7-9)12-8-17-14-4-2-1-3-10(12)14/h1-8,17H,16H2. The van der Waals surface area contributed by atoms with E-state index < -0.39 is 0 Å². The predicted molar refractivity (Wildman–Crippen MR) is 68.1 cm³/mol. The molecule has 17 heavy (non-hydrogen) atoms. The number of nitrogens with two attached hydrogens (primary N) is 1. The van der Waals surface area contributed by atoms with Crippen LogP contribution in [0.4, 0.5) is 10.1 Å². The molecule has 0 amide bonds. The zero-order valence-corrected chi connectivity index (χ0v) is 9.07. The maximum absolute atomic E-state index is 13.3. The molecular weight excluding hydrogens is 215 g/mol. The fourth-order valence-electron chi connectivity index (χ4n) is 2.06. The van der Waals surface area contributed by atoms with E-state index in [1.165, 1.54) is 12.1 Å². The molecule has 0 bridgehead atoms. The summed E-state index contributed by atoms with van der Waals surface area (Å²) in [5, 5.41) is 1.05. The first-order chi connectivity index (χ1) is 8.25. The van der Waals surface area contributed by atoms with Crippen LogP contribution >= 0.6 is 0 Å². The summed E-state index contributed by atoms with van der Waals surface area (Å²) in [5.74, 6) is -0.278. The molecule has 1 heterocycles. The molecular formula is C14H11FN2. The summed E-state index contributed by atoms with van der Waals surface area (Å²) >= 11 is 0. The quantitative estimate of drug-likeness (QED) is 0.612. The summed E-state index contributed by atoms with van der Waals surface area (Å²) in [6, 6.07) is 12.3. The average Bonchev–Trinajstić information content (AvgIpc) is 2.76. The number of hydrogen-bond acceptors (Lipinski definition) is 1. The number of para-hydroxylation sites is 1. The number of halogens is 1. The van der Waals surface area contributed by atoms with E-state index in [9.17, 15) is 4.39 Å². The maximum Gasteiger partial charge on any atom is 0.123 e. The Balaban J connectivity index is 2.31. The Morgan fingerprint density at radius 3 is 2.71 bits per heavy atom. The summed E-state index contributed by atoms with van der Waals surface area (Å²) < 4.78 is 13.3. The number of nitrogen functional groups attached to an aromatic ring is 1. The predicted octanol–water partition coefficient (Wildman–Crippen LogP) is 3.56. The molecule has 3 rings (SSSR count). The van der Waals surface area contributed by atoms with Crippen LogP contribution < -0.4 is 5.73 Å². The average molecular weight is 226 g/mol. The van der Waals surface area contributed by atoms with Crippen molar-refractivity contribution in [2.45, 2.75) is 0 Å². The molecule has 0 aliphatic carbocycles. The van der Waals surface area contributed by atoms with Gasteiger partial charge in [0.25, 0.3) is 0 Å². The van der Waals surface area contributed by atoms with Gasteiger partial charge in [-0.05, 0) is 24.3 Å². The van der Waals surface area contributed by atoms with Gasteiger partial charge >= 0.3 is 0 Å². The van der Waals surface area contributed by atoms with Crippen molar-refractivity contribution >= 4 is 16.6 Å². The van der Waals surface area contributed by atoms with E-state index in [0.717, 1.165) is 22.0 Å². The van der Waals surface area contributed by atoms with Crippen molar-refractivity contribution in [3.05, 3.63) is 54.5 Å². The third-order valence-electron chi connectivity index (χ3n) is 2.89. The summed E-state index contributed by atoms with van der Waals surface area (Å²) in [5.41, 5.74) is 9.14. The largest absolute Gasteiger partial charge is 0.398 e. The molecule has 0 saturated heterocycles. The Bertz CT molecular complexity index is 686. The number of aromatic amines is 1. The molecule has 3 aromatic rings. The Morgan fingerprint density at radius 2 is 1.82 bits per heavy atom. The van der Waals surface area contributed by atoms with Gasteiger partial charge in [0.1, 0.15) is 5.82 Å². The zero-order valence-electron chi connectivity index (χ0n) is 9.07. The highest BCUT2D eigenvalue weighted by molar-refractivity contribution is 5.98. The van der Waals surface area contributed by atoms with Gasteiger partial charge in [-0.1, -0.05) is 18.2 Å². The molecule has 0 radical (unpaired) electrons. The molecule has 0 saturated carbocycles. The zero-order chi connectivity index (χ0) is 11.8. The molecule has 1 aromatic heterocycles. The second-order valence-electron chi connectivity index (χ2n) is 3.98. The van der Waals surface area contributed by atoms with Gasteiger partial charge in [0.2, 0.25) is 0 Å². The lowest BCUT2D eigenvalue weighted by molar-refractivity contribution is 0.628. The third-order valence-corrected chi connectivity index (χ3v) is 2.89. The van der Waals surface area contributed by atoms with Crippen molar-refractivity contribution in [1.82, 2.24) is 4.98 Å². The lowest BCUT2D eigenvalue weighted by Crippen LogP contribution is -1.90. The van der Waals surface area contributed by atoms with Crippen molar-refractivity contribution in [3.8, 4) is 11.1 Å². The summed E-state index contributed by atoms with van der Waals surface area (Å²) in [6.07, 6.45) is 1.86. The number of aromatic nitrogens is 1. The van der Waals surface area contributed by atoms with Gasteiger partial charge in [0.15, 0.2) is 0 Å². The SMILES string of the molecule is Nc1ccc(F)cc1-c1c[nH]c2ccccc12. The monoisotopic (exact) mass is 226 g/mol. The topological polar surface area (TPSA) is 41.8 Å². The van der Waals surface area contributed by atoms with Gasteiger partial charge in [-0.15, -0.1) is 0 Å². The summed E-state index contributed by atoms with van der Waals surface area (Å²) in [4.78, 5) is 3.16. The second kappa shape index (κ2) is 3.63. The first-order valence-electron chi connectivity index (χ1n) is 5.37. The number of anilines is 1. The van der Waals surface area contributed by atoms with Crippen LogP contribution in [0, 0.1) is 5.82 Å². The lowest BCUT2D eigenvalue weighted by Gasteiger charge is -2.04. The molecule has 0 aliphatic heterocycles. The number of rotatable bonds is 1. The van der Waals surface area contributed by atoms with E-state index >= 15 is 0 Å². The first kappa shape index (κ1) is 9.90. The van der Waals surface area contributed by atoms with Crippen molar-refractivity contribution in [3.63, 3.8) is 0 Å². The maximum atomic E-state index is 13.3. The third kappa shape index (κ3) is 1.56. The second-order valence-corrected chi connectivity index (χ2v) is 3.98. The Morgan fingerprint density at radius 1 is 1.00 bits per heavy atom. The Hall–Kier alpha value is -2.29. The van der Waals surface area contributed by atoms with Crippen molar-refractivity contribution in [2.75, 3.05) is 5.73 Å². The van der Waals surface area contributed by atoms with E-state index in [0.29, 0.717) is 5.69 Å². The van der Waals surface area contributed by atoms with E-state index in [-0.39, 0.29) is 5.82 Å². The van der Waals surface area contributed by atoms with Crippen LogP contribution in [0.3, 0.4) is 0 Å². The van der Waals surface area contributed by atoms with E-state index in [2.05, 4.69) is 4.98 Å². The van der Waals surface area contributed by atoms with E-state index in [1.807, 2.05) is 30.5 Å². The van der Waals surface area contributed by atoms with Crippen molar-refractivity contribution in [2.24, 2.45) is 0 Å². The normalized spacial score (nSPS) is 10.9. The van der Waals surface area contributed by atoms with Crippen molar-refractivity contribution < 1.29 is 4.39 Å². The van der Waals surface area contributed by atoms with Gasteiger partial charge in [-0.2, -0.15) is 0 Å². The first-order valence-corrected chi connectivity index (χ1v) is 5.37. The molecule has 0 aliphatic rings. The molecule has 0 fully saturated rings. The number of H-pyrrole nitrogens is 1. The Kier molecular flexibility index (Phi) is 2.11. The highest BCUT2D eigenvalue weighted by Crippen LogP contribution is 2.32. The fourth-order valence-corrected chi connectivity index (χ4v) is 2.06. The molecule has 0 unspecified atom stereocenters. The summed E-state index contributed by atoms with van der Waals surface area (Å²) in [6.45, 7) is 0. The lowest BCUT2D eigenvalue weighted by atomic mass is 10.0. The Labute approximate surface area is 97.9 Å². The van der Waals surface area contributed by atoms with Gasteiger partial charge in [-0.3, -0.25) is 0 Å². The number of nitrogens with one attached hydrogen (secondary N) is 1. The molecule has 2 nitrogen and oxygen atoms in total. The van der Waals surface area contributed by atoms with Crippen LogP contribution in [0.15, 0.2) is 48.7 Å². The van der Waals surface area contributed by atoms with Crippen LogP contribution in [0.1, 0.15) is 0 Å². The number of benzene rings is 2. The molecule has 0 atom stereocenters. The molecule has 84 valence electrons. The molecule has 3 heteroatoms. The highest BCUT2D eigenvalue weighted by Gasteiger charge is 2.09. The van der Waals surface area contributed by atoms with E-state index in [4.69, 9.17) is 5.73 Å². The van der Waals surface area contributed by atoms with E-state index in [1.54, 1.807) is 6.07 Å². The molecule has 0 spiro atoms. The van der Waals surface area contributed by atoms with Crippen LogP contribution in [0.2, 0.25) is 0 Å². The van der Waals surface area contributed by atoms with Gasteiger partial charge in [-0.25, -0.2) is 4.39 Å². The fraction of sp³-hybridized carbons (Fsp3) is 0. The van der Waals surface area contributed by atoms with Crippen LogP contribution in [-0.2, 0) is 0 Å². The smallest absolute Gasteiger partial charge is 0.123 e. The minimum Gasteiger partial charge on any atom is -0.398 e. The minimum atomic E-state index is -0.278. The van der Waals surface area contributed by atoms with Crippen LogP contribution in [-0.4, -0.2) is 4.98 Å². The highest BCUT2D eigenvalue weighted by atomic mass is 19.1. The molecule has 3 N–H and O–H groups in total. The van der Waals surface area contributed by atoms with Crippen LogP contribution in [0.5, 0.6) is 0 Å². The summed E-state index contributed by atoms with van der Waals surface area (Å²) in [7, 11) is 0.